The fraction of sp³-hybridized carbons (Fsp3) is 0.857. The fourth-order valence-corrected chi connectivity index (χ4v) is 8.30. The lowest BCUT2D eigenvalue weighted by Crippen LogP contribution is -2.52. The molecule has 2 nitrogen and oxygen atoms in total. The van der Waals surface area contributed by atoms with E-state index >= 15 is 0 Å². The van der Waals surface area contributed by atoms with Crippen LogP contribution in [0.25, 0.3) is 0 Å². The van der Waals surface area contributed by atoms with Crippen LogP contribution in [-0.4, -0.2) is 17.5 Å². The molecule has 126 valence electrons. The molecule has 1 spiro atoms. The summed E-state index contributed by atoms with van der Waals surface area (Å²) in [6, 6.07) is 0. The van der Waals surface area contributed by atoms with E-state index in [-0.39, 0.29) is 0 Å². The second-order valence-electron chi connectivity index (χ2n) is 9.71. The Morgan fingerprint density at radius 1 is 1.35 bits per heavy atom. The average Bonchev–Trinajstić information content (AvgIpc) is 3.17. The van der Waals surface area contributed by atoms with E-state index in [9.17, 15) is 9.90 Å². The van der Waals surface area contributed by atoms with Crippen molar-refractivity contribution in [1.29, 1.82) is 0 Å². The van der Waals surface area contributed by atoms with Crippen LogP contribution >= 0.6 is 0 Å². The van der Waals surface area contributed by atoms with E-state index < -0.39 is 0 Å². The number of rotatable bonds is 1. The first-order valence-corrected chi connectivity index (χ1v) is 9.85. The van der Waals surface area contributed by atoms with Crippen molar-refractivity contribution in [2.75, 3.05) is 6.61 Å². The predicted molar refractivity (Wildman–Crippen MR) is 89.6 cm³/mol. The first-order valence-electron chi connectivity index (χ1n) is 9.85. The van der Waals surface area contributed by atoms with Crippen molar-refractivity contribution in [2.24, 2.45) is 46.3 Å². The number of ketones is 1. The summed E-state index contributed by atoms with van der Waals surface area (Å²) in [6.45, 7) is 5.36. The van der Waals surface area contributed by atoms with Gasteiger partial charge in [-0.1, -0.05) is 19.4 Å². The van der Waals surface area contributed by atoms with Crippen molar-refractivity contribution in [3.05, 3.63) is 11.6 Å². The highest BCUT2D eigenvalue weighted by molar-refractivity contribution is 5.91. The number of allylic oxidation sites excluding steroid dienone is 1. The molecule has 23 heavy (non-hydrogen) atoms. The molecule has 2 heteroatoms. The number of hydrogen-bond acceptors (Lipinski definition) is 2. The molecule has 0 amide bonds. The van der Waals surface area contributed by atoms with E-state index in [1.807, 2.05) is 6.08 Å². The van der Waals surface area contributed by atoms with Crippen LogP contribution in [0.4, 0.5) is 0 Å². The largest absolute Gasteiger partial charge is 0.396 e. The van der Waals surface area contributed by atoms with Gasteiger partial charge in [0.05, 0.1) is 0 Å². The minimum atomic E-state index is 0.367. The summed E-state index contributed by atoms with van der Waals surface area (Å²) in [6.07, 6.45) is 10.4. The number of carbonyl (C=O) groups is 1. The second kappa shape index (κ2) is 4.50. The lowest BCUT2D eigenvalue weighted by molar-refractivity contribution is -0.117. The van der Waals surface area contributed by atoms with E-state index in [4.69, 9.17) is 0 Å². The van der Waals surface area contributed by atoms with Crippen LogP contribution < -0.4 is 0 Å². The minimum absolute atomic E-state index is 0.367. The molecule has 0 bridgehead atoms. The summed E-state index contributed by atoms with van der Waals surface area (Å²) >= 11 is 0. The molecular weight excluding hydrogens is 284 g/mol. The van der Waals surface area contributed by atoms with Crippen molar-refractivity contribution in [2.45, 2.75) is 58.8 Å². The van der Waals surface area contributed by atoms with Crippen LogP contribution in [0.1, 0.15) is 58.8 Å². The quantitative estimate of drug-likeness (QED) is 0.795. The number of hydrogen-bond donors (Lipinski definition) is 1. The molecule has 2 unspecified atom stereocenters. The third kappa shape index (κ3) is 1.62. The number of carbonyl (C=O) groups excluding carboxylic acids is 1. The van der Waals surface area contributed by atoms with Crippen LogP contribution in [0.15, 0.2) is 11.6 Å². The molecule has 0 aromatic carbocycles. The smallest absolute Gasteiger partial charge is 0.155 e. The Bertz CT molecular complexity index is 593. The number of fused-ring (bicyclic) bond motifs is 3. The Kier molecular flexibility index (Phi) is 2.88. The van der Waals surface area contributed by atoms with E-state index in [2.05, 4.69) is 13.8 Å². The lowest BCUT2D eigenvalue weighted by Gasteiger charge is -2.58. The second-order valence-corrected chi connectivity index (χ2v) is 9.71. The lowest BCUT2D eigenvalue weighted by atomic mass is 9.46. The highest BCUT2D eigenvalue weighted by atomic mass is 16.3. The van der Waals surface area contributed by atoms with Gasteiger partial charge in [-0.05, 0) is 90.9 Å². The standard InChI is InChI=1S/C21H30O2/c1-12-7-13-8-16(23)3-4-17(13)18-5-6-20(2)15(11-22)9-14-10-21(14,20)19(12)18/h8,12,14-15,17-19,22H,3-7,9-11H2,1-2H3/t12-,14?,15?,17+,18-,19-,20-,21-/m1/s1. The molecule has 0 heterocycles. The highest BCUT2D eigenvalue weighted by Crippen LogP contribution is 2.83. The monoisotopic (exact) mass is 314 g/mol. The van der Waals surface area contributed by atoms with Crippen LogP contribution in [-0.2, 0) is 4.79 Å². The topological polar surface area (TPSA) is 37.3 Å². The molecule has 0 aromatic rings. The molecule has 0 aromatic heterocycles. The highest BCUT2D eigenvalue weighted by Gasteiger charge is 2.77. The average molecular weight is 314 g/mol. The molecule has 4 fully saturated rings. The zero-order chi connectivity index (χ0) is 16.0. The summed E-state index contributed by atoms with van der Waals surface area (Å²) < 4.78 is 0. The van der Waals surface area contributed by atoms with Crippen LogP contribution in [0.2, 0.25) is 0 Å². The maximum absolute atomic E-state index is 11.9. The van der Waals surface area contributed by atoms with Crippen LogP contribution in [0, 0.1) is 46.3 Å². The molecule has 0 radical (unpaired) electrons. The van der Waals surface area contributed by atoms with Gasteiger partial charge in [-0.25, -0.2) is 0 Å². The molecule has 5 aliphatic rings. The van der Waals surface area contributed by atoms with Gasteiger partial charge in [0.25, 0.3) is 0 Å². The molecule has 4 saturated carbocycles. The zero-order valence-electron chi connectivity index (χ0n) is 14.6. The summed E-state index contributed by atoms with van der Waals surface area (Å²) in [7, 11) is 0. The van der Waals surface area contributed by atoms with Gasteiger partial charge in [-0.2, -0.15) is 0 Å². The summed E-state index contributed by atoms with van der Waals surface area (Å²) in [5.74, 6) is 4.87. The maximum Gasteiger partial charge on any atom is 0.155 e. The van der Waals surface area contributed by atoms with Gasteiger partial charge >= 0.3 is 0 Å². The summed E-state index contributed by atoms with van der Waals surface area (Å²) in [4.78, 5) is 11.9. The van der Waals surface area contributed by atoms with Gasteiger partial charge in [0.2, 0.25) is 0 Å². The summed E-state index contributed by atoms with van der Waals surface area (Å²) in [5, 5.41) is 9.94. The Morgan fingerprint density at radius 3 is 2.96 bits per heavy atom. The normalized spacial score (nSPS) is 57.0. The molecule has 8 atom stereocenters. The van der Waals surface area contributed by atoms with E-state index in [0.717, 1.165) is 42.9 Å². The summed E-state index contributed by atoms with van der Waals surface area (Å²) in [5.41, 5.74) is 2.41. The number of aliphatic hydroxyl groups excluding tert-OH is 1. The van der Waals surface area contributed by atoms with Crippen LogP contribution in [0.5, 0.6) is 0 Å². The van der Waals surface area contributed by atoms with Crippen LogP contribution in [0.3, 0.4) is 0 Å². The molecule has 5 aliphatic carbocycles. The third-order valence-corrected chi connectivity index (χ3v) is 9.17. The predicted octanol–water partition coefficient (Wildman–Crippen LogP) is 3.98. The van der Waals surface area contributed by atoms with E-state index in [1.54, 1.807) is 0 Å². The maximum atomic E-state index is 11.9. The van der Waals surface area contributed by atoms with Gasteiger partial charge in [0, 0.05) is 13.0 Å². The van der Waals surface area contributed by atoms with E-state index in [0.29, 0.717) is 35.1 Å². The molecule has 0 saturated heterocycles. The van der Waals surface area contributed by atoms with Gasteiger partial charge in [-0.3, -0.25) is 4.79 Å². The Labute approximate surface area is 139 Å². The molecular formula is C21H30O2. The van der Waals surface area contributed by atoms with Crippen molar-refractivity contribution in [1.82, 2.24) is 0 Å². The van der Waals surface area contributed by atoms with Gasteiger partial charge in [0.1, 0.15) is 0 Å². The first-order chi connectivity index (χ1) is 11.0. The molecule has 5 rings (SSSR count). The fourth-order valence-electron chi connectivity index (χ4n) is 8.30. The van der Waals surface area contributed by atoms with Crippen molar-refractivity contribution < 1.29 is 9.90 Å². The Morgan fingerprint density at radius 2 is 2.17 bits per heavy atom. The minimum Gasteiger partial charge on any atom is -0.396 e. The van der Waals surface area contributed by atoms with Crippen molar-refractivity contribution in [3.63, 3.8) is 0 Å². The Balaban J connectivity index is 1.55. The molecule has 1 N–H and O–H groups in total. The van der Waals surface area contributed by atoms with E-state index in [1.165, 1.54) is 31.3 Å². The first kappa shape index (κ1) is 14.7. The zero-order valence-corrected chi connectivity index (χ0v) is 14.6. The van der Waals surface area contributed by atoms with Crippen molar-refractivity contribution in [3.8, 4) is 0 Å². The van der Waals surface area contributed by atoms with Gasteiger partial charge in [0.15, 0.2) is 5.78 Å². The van der Waals surface area contributed by atoms with Gasteiger partial charge in [-0.15, -0.1) is 0 Å². The SMILES string of the molecule is C[C@@H]1CC2=CC(=O)CC[C@@H]2[C@H]2CC[C@]3(C)C(CO)CC4C[C@]43[C@@H]21. The third-order valence-electron chi connectivity index (χ3n) is 9.17. The number of aliphatic hydroxyl groups is 1. The molecule has 0 aliphatic heterocycles. The Hall–Kier alpha value is -0.630. The van der Waals surface area contributed by atoms with Gasteiger partial charge < -0.3 is 5.11 Å². The van der Waals surface area contributed by atoms with Crippen molar-refractivity contribution >= 4 is 5.78 Å².